The molecule has 92 valence electrons. The van der Waals surface area contributed by atoms with E-state index in [0.29, 0.717) is 12.8 Å². The van der Waals surface area contributed by atoms with Gasteiger partial charge in [0, 0.05) is 11.5 Å². The van der Waals surface area contributed by atoms with Gasteiger partial charge in [0.2, 0.25) is 0 Å². The molecule has 0 heterocycles. The van der Waals surface area contributed by atoms with Gasteiger partial charge in [0.25, 0.3) is 0 Å². The number of aliphatic hydroxyl groups is 1. The van der Waals surface area contributed by atoms with E-state index in [0.717, 1.165) is 12.8 Å². The molecule has 1 aromatic rings. The van der Waals surface area contributed by atoms with E-state index in [2.05, 4.69) is 0 Å². The Morgan fingerprint density at radius 2 is 1.88 bits per heavy atom. The predicted octanol–water partition coefficient (Wildman–Crippen LogP) is 2.29. The van der Waals surface area contributed by atoms with Crippen LogP contribution in [0.4, 0.5) is 4.39 Å². The third-order valence-corrected chi connectivity index (χ3v) is 3.56. The van der Waals surface area contributed by atoms with Crippen LogP contribution in [0.2, 0.25) is 0 Å². The quantitative estimate of drug-likeness (QED) is 0.849. The van der Waals surface area contributed by atoms with Crippen LogP contribution in [-0.4, -0.2) is 16.2 Å². The molecule has 17 heavy (non-hydrogen) atoms. The highest BCUT2D eigenvalue weighted by atomic mass is 19.1. The van der Waals surface area contributed by atoms with Crippen LogP contribution in [0.3, 0.4) is 0 Å². The summed E-state index contributed by atoms with van der Waals surface area (Å²) in [6, 6.07) is 5.55. The average Bonchev–Trinajstić information content (AvgIpc) is 2.82. The highest BCUT2D eigenvalue weighted by molar-refractivity contribution is 5.79. The normalized spacial score (nSPS) is 20.1. The Morgan fingerprint density at radius 1 is 1.29 bits per heavy atom. The molecule has 0 bridgehead atoms. The Hall–Kier alpha value is -1.42. The van der Waals surface area contributed by atoms with Gasteiger partial charge in [-0.25, -0.2) is 9.18 Å². The largest absolute Gasteiger partial charge is 0.479 e. The van der Waals surface area contributed by atoms with E-state index in [1.807, 2.05) is 0 Å². The molecule has 0 spiro atoms. The molecular formula is C13H15FO3. The summed E-state index contributed by atoms with van der Waals surface area (Å²) < 4.78 is 13.7. The number of carboxylic acid groups (broad SMARTS) is 1. The molecule has 0 aliphatic heterocycles. The third kappa shape index (κ3) is 1.93. The van der Waals surface area contributed by atoms with Gasteiger partial charge in [-0.2, -0.15) is 0 Å². The summed E-state index contributed by atoms with van der Waals surface area (Å²) in [5, 5.41) is 19.7. The minimum Gasteiger partial charge on any atom is -0.479 e. The fourth-order valence-electron chi connectivity index (χ4n) is 2.62. The maximum atomic E-state index is 13.7. The van der Waals surface area contributed by atoms with Crippen molar-refractivity contribution in [3.05, 3.63) is 35.6 Å². The molecule has 2 rings (SSSR count). The van der Waals surface area contributed by atoms with Gasteiger partial charge in [0.15, 0.2) is 5.60 Å². The fourth-order valence-corrected chi connectivity index (χ4v) is 2.62. The summed E-state index contributed by atoms with van der Waals surface area (Å²) in [7, 11) is 0. The number of halogens is 1. The number of hydrogen-bond donors (Lipinski definition) is 2. The first-order valence-corrected chi connectivity index (χ1v) is 5.77. The molecule has 1 aliphatic rings. The minimum absolute atomic E-state index is 0.126. The standard InChI is InChI=1S/C13H15FO3/c14-11-8-4-3-7-10(11)13(17,12(15)16)9-5-1-2-6-9/h3-4,7-9,17H,1-2,5-6H2,(H,15,16). The van der Waals surface area contributed by atoms with Crippen molar-refractivity contribution < 1.29 is 19.4 Å². The topological polar surface area (TPSA) is 57.5 Å². The van der Waals surface area contributed by atoms with Crippen molar-refractivity contribution in [1.29, 1.82) is 0 Å². The van der Waals surface area contributed by atoms with Crippen molar-refractivity contribution in [1.82, 2.24) is 0 Å². The lowest BCUT2D eigenvalue weighted by molar-refractivity contribution is -0.167. The zero-order valence-electron chi connectivity index (χ0n) is 9.40. The summed E-state index contributed by atoms with van der Waals surface area (Å²) in [5.41, 5.74) is -2.22. The lowest BCUT2D eigenvalue weighted by Gasteiger charge is -2.30. The monoisotopic (exact) mass is 238 g/mol. The van der Waals surface area contributed by atoms with Gasteiger partial charge in [-0.05, 0) is 18.9 Å². The summed E-state index contributed by atoms with van der Waals surface area (Å²) in [6.07, 6.45) is 3.01. The molecule has 0 amide bonds. The SMILES string of the molecule is O=C(O)C(O)(c1ccccc1F)C1CCCC1. The molecule has 1 aromatic carbocycles. The van der Waals surface area contributed by atoms with E-state index in [-0.39, 0.29) is 5.56 Å². The Morgan fingerprint density at radius 3 is 2.41 bits per heavy atom. The number of aliphatic carboxylic acids is 1. The second-order valence-electron chi connectivity index (χ2n) is 4.53. The van der Waals surface area contributed by atoms with Crippen molar-refractivity contribution in [2.24, 2.45) is 5.92 Å². The average molecular weight is 238 g/mol. The predicted molar refractivity (Wildman–Crippen MR) is 59.9 cm³/mol. The van der Waals surface area contributed by atoms with Gasteiger partial charge in [-0.1, -0.05) is 31.0 Å². The maximum absolute atomic E-state index is 13.7. The van der Waals surface area contributed by atoms with E-state index in [4.69, 9.17) is 0 Å². The van der Waals surface area contributed by atoms with E-state index in [1.165, 1.54) is 18.2 Å². The van der Waals surface area contributed by atoms with E-state index < -0.39 is 23.3 Å². The number of rotatable bonds is 3. The number of benzene rings is 1. The van der Waals surface area contributed by atoms with Crippen molar-refractivity contribution >= 4 is 5.97 Å². The zero-order valence-corrected chi connectivity index (χ0v) is 9.40. The van der Waals surface area contributed by atoms with Crippen LogP contribution >= 0.6 is 0 Å². The maximum Gasteiger partial charge on any atom is 0.340 e. The number of carbonyl (C=O) groups is 1. The van der Waals surface area contributed by atoms with Crippen LogP contribution in [0.5, 0.6) is 0 Å². The van der Waals surface area contributed by atoms with Crippen LogP contribution in [0, 0.1) is 11.7 Å². The fraction of sp³-hybridized carbons (Fsp3) is 0.462. The van der Waals surface area contributed by atoms with Gasteiger partial charge in [-0.3, -0.25) is 0 Å². The van der Waals surface area contributed by atoms with Crippen LogP contribution in [-0.2, 0) is 10.4 Å². The Labute approximate surface area is 98.9 Å². The van der Waals surface area contributed by atoms with Crippen molar-refractivity contribution in [3.8, 4) is 0 Å². The summed E-state index contributed by atoms with van der Waals surface area (Å²) in [4.78, 5) is 11.3. The molecule has 0 saturated heterocycles. The summed E-state index contributed by atoms with van der Waals surface area (Å²) >= 11 is 0. The first kappa shape index (κ1) is 12.0. The molecule has 1 saturated carbocycles. The molecule has 0 radical (unpaired) electrons. The highest BCUT2D eigenvalue weighted by Crippen LogP contribution is 2.41. The summed E-state index contributed by atoms with van der Waals surface area (Å²) in [6.45, 7) is 0. The Kier molecular flexibility index (Phi) is 3.15. The summed E-state index contributed by atoms with van der Waals surface area (Å²) in [5.74, 6) is -2.43. The van der Waals surface area contributed by atoms with Gasteiger partial charge < -0.3 is 10.2 Å². The second-order valence-corrected chi connectivity index (χ2v) is 4.53. The van der Waals surface area contributed by atoms with Gasteiger partial charge >= 0.3 is 5.97 Å². The molecule has 2 N–H and O–H groups in total. The van der Waals surface area contributed by atoms with Crippen molar-refractivity contribution in [3.63, 3.8) is 0 Å². The van der Waals surface area contributed by atoms with E-state index in [1.54, 1.807) is 6.07 Å². The van der Waals surface area contributed by atoms with E-state index in [9.17, 15) is 19.4 Å². The van der Waals surface area contributed by atoms with Crippen LogP contribution in [0.25, 0.3) is 0 Å². The zero-order chi connectivity index (χ0) is 12.5. The van der Waals surface area contributed by atoms with Crippen LogP contribution in [0.15, 0.2) is 24.3 Å². The van der Waals surface area contributed by atoms with Crippen molar-refractivity contribution in [2.75, 3.05) is 0 Å². The number of carboxylic acids is 1. The first-order chi connectivity index (χ1) is 8.06. The molecule has 1 atom stereocenters. The lowest BCUT2D eigenvalue weighted by atomic mass is 9.80. The molecule has 3 nitrogen and oxygen atoms in total. The smallest absolute Gasteiger partial charge is 0.340 e. The molecule has 1 aliphatic carbocycles. The van der Waals surface area contributed by atoms with Gasteiger partial charge in [0.1, 0.15) is 5.82 Å². The molecule has 1 fully saturated rings. The lowest BCUT2D eigenvalue weighted by Crippen LogP contribution is -2.42. The third-order valence-electron chi connectivity index (χ3n) is 3.56. The van der Waals surface area contributed by atoms with Crippen LogP contribution in [0.1, 0.15) is 31.2 Å². The molecule has 4 heteroatoms. The van der Waals surface area contributed by atoms with E-state index >= 15 is 0 Å². The van der Waals surface area contributed by atoms with Crippen LogP contribution < -0.4 is 0 Å². The molecule has 1 unspecified atom stereocenters. The minimum atomic E-state index is -2.10. The van der Waals surface area contributed by atoms with Gasteiger partial charge in [0.05, 0.1) is 0 Å². The Balaban J connectivity index is 2.47. The van der Waals surface area contributed by atoms with Gasteiger partial charge in [-0.15, -0.1) is 0 Å². The number of hydrogen-bond acceptors (Lipinski definition) is 2. The first-order valence-electron chi connectivity index (χ1n) is 5.77. The Bertz CT molecular complexity index is 426. The van der Waals surface area contributed by atoms with Crippen molar-refractivity contribution in [2.45, 2.75) is 31.3 Å². The molecule has 0 aromatic heterocycles. The second kappa shape index (κ2) is 4.45. The molecular weight excluding hydrogens is 223 g/mol. The highest BCUT2D eigenvalue weighted by Gasteiger charge is 2.48.